The van der Waals surface area contributed by atoms with Gasteiger partial charge in [-0.3, -0.25) is 4.68 Å². The van der Waals surface area contributed by atoms with Gasteiger partial charge in [0, 0.05) is 25.7 Å². The zero-order valence-corrected chi connectivity index (χ0v) is 14.0. The topological polar surface area (TPSA) is 92.5 Å². The quantitative estimate of drug-likeness (QED) is 0.898. The highest BCUT2D eigenvalue weighted by Gasteiger charge is 2.34. The van der Waals surface area contributed by atoms with Crippen LogP contribution in [0.5, 0.6) is 0 Å². The fourth-order valence-electron chi connectivity index (χ4n) is 3.04. The number of sulfonamides is 1. The van der Waals surface area contributed by atoms with Crippen molar-refractivity contribution in [2.24, 2.45) is 7.05 Å². The average Bonchev–Trinajstić information content (AvgIpc) is 2.85. The van der Waals surface area contributed by atoms with Gasteiger partial charge in [-0.15, -0.1) is 0 Å². The minimum atomic E-state index is -3.86. The first-order valence-corrected chi connectivity index (χ1v) is 8.69. The van der Waals surface area contributed by atoms with Crippen LogP contribution in [0.4, 0.5) is 4.39 Å². The van der Waals surface area contributed by atoms with Crippen molar-refractivity contribution in [2.75, 3.05) is 6.54 Å². The number of aromatic nitrogens is 2. The number of hydrogen-bond donors (Lipinski definition) is 1. The first-order valence-electron chi connectivity index (χ1n) is 7.25. The highest BCUT2D eigenvalue weighted by molar-refractivity contribution is 7.89. The van der Waals surface area contributed by atoms with Crippen LogP contribution in [-0.4, -0.2) is 40.1 Å². The maximum atomic E-state index is 13.9. The molecule has 0 spiro atoms. The molecule has 0 amide bonds. The molecule has 0 bridgehead atoms. The molecule has 7 nitrogen and oxygen atoms in total. The summed E-state index contributed by atoms with van der Waals surface area (Å²) >= 11 is 0. The molecule has 1 aromatic heterocycles. The van der Waals surface area contributed by atoms with Crippen molar-refractivity contribution in [3.63, 3.8) is 0 Å². The fourth-order valence-corrected chi connectivity index (χ4v) is 4.76. The molecule has 24 heavy (non-hydrogen) atoms. The van der Waals surface area contributed by atoms with Crippen molar-refractivity contribution >= 4 is 16.0 Å². The largest absolute Gasteiger partial charge is 0.478 e. The molecule has 0 fully saturated rings. The number of hydrogen-bond acceptors (Lipinski definition) is 4. The standard InChI is InChI=1S/C15H16FN3O4S/c1-9-7-17-18(2)14(9)24(22,23)19-6-5-10-3-4-12(16)13(15(20)21)11(10)8-19/h3-4,7H,5-6,8H2,1-2H3,(H,20,21). The monoisotopic (exact) mass is 353 g/mol. The molecule has 128 valence electrons. The van der Waals surface area contributed by atoms with E-state index in [1.807, 2.05) is 0 Å². The summed E-state index contributed by atoms with van der Waals surface area (Å²) in [5, 5.41) is 13.3. The number of carboxylic acids is 1. The highest BCUT2D eigenvalue weighted by Crippen LogP contribution is 2.29. The smallest absolute Gasteiger partial charge is 0.339 e. The van der Waals surface area contributed by atoms with Gasteiger partial charge in [0.05, 0.1) is 11.8 Å². The van der Waals surface area contributed by atoms with Gasteiger partial charge < -0.3 is 5.11 Å². The molecule has 0 atom stereocenters. The van der Waals surface area contributed by atoms with Crippen LogP contribution in [-0.2, 0) is 30.0 Å². The number of rotatable bonds is 3. The first-order chi connectivity index (χ1) is 11.2. The van der Waals surface area contributed by atoms with Crippen molar-refractivity contribution in [2.45, 2.75) is 24.9 Å². The van der Waals surface area contributed by atoms with Crippen LogP contribution in [0, 0.1) is 12.7 Å². The molecule has 0 radical (unpaired) electrons. The first kappa shape index (κ1) is 16.6. The van der Waals surface area contributed by atoms with E-state index in [2.05, 4.69) is 5.10 Å². The Labute approximate surface area is 138 Å². The minimum absolute atomic E-state index is 0.0548. The second-order valence-electron chi connectivity index (χ2n) is 5.71. The second kappa shape index (κ2) is 5.67. The van der Waals surface area contributed by atoms with Crippen LogP contribution < -0.4 is 0 Å². The molecule has 0 saturated heterocycles. The van der Waals surface area contributed by atoms with Gasteiger partial charge in [-0.2, -0.15) is 9.40 Å². The van der Waals surface area contributed by atoms with Crippen LogP contribution in [0.1, 0.15) is 27.0 Å². The third kappa shape index (κ3) is 2.49. The summed E-state index contributed by atoms with van der Waals surface area (Å²) in [6.07, 6.45) is 1.78. The number of carboxylic acid groups (broad SMARTS) is 1. The molecule has 0 saturated carbocycles. The lowest BCUT2D eigenvalue weighted by Crippen LogP contribution is -2.38. The lowest BCUT2D eigenvalue weighted by Gasteiger charge is -2.29. The molecule has 1 aromatic carbocycles. The van der Waals surface area contributed by atoms with Gasteiger partial charge in [-0.1, -0.05) is 6.07 Å². The molecule has 2 heterocycles. The molecule has 1 aliphatic rings. The molecule has 0 aliphatic carbocycles. The van der Waals surface area contributed by atoms with E-state index in [4.69, 9.17) is 0 Å². The Kier molecular flexibility index (Phi) is 3.92. The van der Waals surface area contributed by atoms with Gasteiger partial charge in [0.15, 0.2) is 5.03 Å². The Morgan fingerprint density at radius 1 is 1.38 bits per heavy atom. The predicted molar refractivity (Wildman–Crippen MR) is 82.6 cm³/mol. The zero-order chi connectivity index (χ0) is 17.6. The van der Waals surface area contributed by atoms with E-state index in [9.17, 15) is 22.7 Å². The number of halogens is 1. The van der Waals surface area contributed by atoms with E-state index in [-0.39, 0.29) is 23.7 Å². The van der Waals surface area contributed by atoms with Gasteiger partial charge in [0.2, 0.25) is 0 Å². The number of benzene rings is 1. The normalized spacial score (nSPS) is 15.3. The van der Waals surface area contributed by atoms with Gasteiger partial charge in [-0.05, 0) is 30.5 Å². The van der Waals surface area contributed by atoms with E-state index >= 15 is 0 Å². The Balaban J connectivity index is 2.07. The van der Waals surface area contributed by atoms with Crippen LogP contribution >= 0.6 is 0 Å². The maximum Gasteiger partial charge on any atom is 0.339 e. The second-order valence-corrected chi connectivity index (χ2v) is 7.56. The van der Waals surface area contributed by atoms with Crippen LogP contribution in [0.3, 0.4) is 0 Å². The molecule has 0 unspecified atom stereocenters. The van der Waals surface area contributed by atoms with Gasteiger partial charge in [0.1, 0.15) is 5.82 Å². The van der Waals surface area contributed by atoms with Crippen molar-refractivity contribution in [3.05, 3.63) is 46.4 Å². The molecule has 3 rings (SSSR count). The molecule has 2 aromatic rings. The molecular formula is C15H16FN3O4S. The zero-order valence-electron chi connectivity index (χ0n) is 13.2. The lowest BCUT2D eigenvalue weighted by molar-refractivity contribution is 0.0689. The van der Waals surface area contributed by atoms with Crippen molar-refractivity contribution < 1.29 is 22.7 Å². The molecule has 9 heteroatoms. The summed E-state index contributed by atoms with van der Waals surface area (Å²) in [4.78, 5) is 11.4. The lowest BCUT2D eigenvalue weighted by atomic mass is 9.95. The van der Waals surface area contributed by atoms with E-state index in [1.54, 1.807) is 6.92 Å². The SMILES string of the molecule is Cc1cnn(C)c1S(=O)(=O)N1CCc2ccc(F)c(C(=O)O)c2C1. The molecule has 1 N–H and O–H groups in total. The summed E-state index contributed by atoms with van der Waals surface area (Å²) in [5.74, 6) is -2.27. The van der Waals surface area contributed by atoms with Crippen molar-refractivity contribution in [3.8, 4) is 0 Å². The molecule has 1 aliphatic heterocycles. The Morgan fingerprint density at radius 3 is 2.67 bits per heavy atom. The van der Waals surface area contributed by atoms with Crippen LogP contribution in [0.15, 0.2) is 23.4 Å². The third-order valence-electron chi connectivity index (χ3n) is 4.18. The van der Waals surface area contributed by atoms with E-state index in [0.29, 0.717) is 17.5 Å². The van der Waals surface area contributed by atoms with Crippen molar-refractivity contribution in [1.29, 1.82) is 0 Å². The van der Waals surface area contributed by atoms with Crippen molar-refractivity contribution in [1.82, 2.24) is 14.1 Å². The van der Waals surface area contributed by atoms with E-state index in [1.165, 1.54) is 28.3 Å². The maximum absolute atomic E-state index is 13.9. The van der Waals surface area contributed by atoms with Crippen LogP contribution in [0.2, 0.25) is 0 Å². The van der Waals surface area contributed by atoms with E-state index in [0.717, 1.165) is 6.07 Å². The van der Waals surface area contributed by atoms with Gasteiger partial charge in [0.25, 0.3) is 10.0 Å². The number of nitrogens with zero attached hydrogens (tertiary/aromatic N) is 3. The number of carbonyl (C=O) groups is 1. The number of aromatic carboxylic acids is 1. The highest BCUT2D eigenvalue weighted by atomic mass is 32.2. The summed E-state index contributed by atoms with van der Waals surface area (Å²) in [5.41, 5.74) is 0.897. The fraction of sp³-hybridized carbons (Fsp3) is 0.333. The third-order valence-corrected chi connectivity index (χ3v) is 6.24. The summed E-state index contributed by atoms with van der Waals surface area (Å²) in [7, 11) is -2.33. The van der Waals surface area contributed by atoms with Crippen LogP contribution in [0.25, 0.3) is 0 Å². The summed E-state index contributed by atoms with van der Waals surface area (Å²) in [6, 6.07) is 2.62. The average molecular weight is 353 g/mol. The predicted octanol–water partition coefficient (Wildman–Crippen LogP) is 1.31. The Bertz CT molecular complexity index is 917. The summed E-state index contributed by atoms with van der Waals surface area (Å²) in [6.45, 7) is 1.66. The Hall–Kier alpha value is -2.26. The van der Waals surface area contributed by atoms with E-state index < -0.39 is 27.4 Å². The number of aryl methyl sites for hydroxylation is 2. The Morgan fingerprint density at radius 2 is 2.08 bits per heavy atom. The number of fused-ring (bicyclic) bond motifs is 1. The van der Waals surface area contributed by atoms with Gasteiger partial charge >= 0.3 is 5.97 Å². The minimum Gasteiger partial charge on any atom is -0.478 e. The van der Waals surface area contributed by atoms with Gasteiger partial charge in [-0.25, -0.2) is 17.6 Å². The molecular weight excluding hydrogens is 337 g/mol. The summed E-state index contributed by atoms with van der Waals surface area (Å²) < 4.78 is 42.1.